The molecule has 5 heteroatoms. The van der Waals surface area contributed by atoms with E-state index in [9.17, 15) is 0 Å². The molecule has 2 aromatic carbocycles. The number of fused-ring (bicyclic) bond motifs is 1. The van der Waals surface area contributed by atoms with E-state index in [1.807, 2.05) is 24.4 Å². The molecular formula is C21H19Cl2N3. The summed E-state index contributed by atoms with van der Waals surface area (Å²) in [5.74, 6) is 0. The molecule has 132 valence electrons. The maximum absolute atomic E-state index is 6.35. The van der Waals surface area contributed by atoms with Gasteiger partial charge >= 0.3 is 0 Å². The summed E-state index contributed by atoms with van der Waals surface area (Å²) in [7, 11) is 0. The Balaban J connectivity index is 1.41. The van der Waals surface area contributed by atoms with Crippen molar-refractivity contribution in [2.45, 2.75) is 13.0 Å². The molecule has 2 heterocycles. The summed E-state index contributed by atoms with van der Waals surface area (Å²) < 4.78 is 2.09. The van der Waals surface area contributed by atoms with Gasteiger partial charge in [-0.2, -0.15) is 0 Å². The van der Waals surface area contributed by atoms with Crippen LogP contribution in [0.2, 0.25) is 10.0 Å². The number of halogens is 2. The van der Waals surface area contributed by atoms with E-state index >= 15 is 0 Å². The normalized spacial score (nSPS) is 11.3. The van der Waals surface area contributed by atoms with Crippen LogP contribution < -0.4 is 5.32 Å². The number of benzene rings is 2. The summed E-state index contributed by atoms with van der Waals surface area (Å²) in [6, 6.07) is 18.1. The molecule has 0 saturated carbocycles. The van der Waals surface area contributed by atoms with Crippen molar-refractivity contribution in [2.24, 2.45) is 0 Å². The van der Waals surface area contributed by atoms with Gasteiger partial charge in [0, 0.05) is 40.6 Å². The smallest absolute Gasteiger partial charge is 0.0661 e. The van der Waals surface area contributed by atoms with E-state index in [4.69, 9.17) is 23.2 Å². The van der Waals surface area contributed by atoms with E-state index in [0.717, 1.165) is 30.9 Å². The fourth-order valence-corrected chi connectivity index (χ4v) is 3.75. The molecule has 0 spiro atoms. The lowest BCUT2D eigenvalue weighted by molar-refractivity contribution is 0.667. The molecule has 0 atom stereocenters. The maximum Gasteiger partial charge on any atom is 0.0661 e. The van der Waals surface area contributed by atoms with Crippen molar-refractivity contribution in [1.29, 1.82) is 0 Å². The second-order valence-electron chi connectivity index (χ2n) is 6.25. The van der Waals surface area contributed by atoms with Crippen LogP contribution in [0.25, 0.3) is 16.6 Å². The van der Waals surface area contributed by atoms with Crippen molar-refractivity contribution in [2.75, 3.05) is 6.54 Å². The van der Waals surface area contributed by atoms with E-state index in [0.29, 0.717) is 10.0 Å². The highest BCUT2D eigenvalue weighted by molar-refractivity contribution is 6.35. The van der Waals surface area contributed by atoms with E-state index in [1.54, 1.807) is 6.07 Å². The molecule has 0 saturated heterocycles. The lowest BCUT2D eigenvalue weighted by Gasteiger charge is -2.12. The number of nitrogens with zero attached hydrogens (tertiary/aromatic N) is 1. The number of aromatic amines is 1. The van der Waals surface area contributed by atoms with Gasteiger partial charge in [-0.15, -0.1) is 0 Å². The van der Waals surface area contributed by atoms with Gasteiger partial charge in [-0.05, 0) is 54.9 Å². The van der Waals surface area contributed by atoms with Crippen LogP contribution in [0.15, 0.2) is 67.0 Å². The Morgan fingerprint density at radius 2 is 1.88 bits per heavy atom. The van der Waals surface area contributed by atoms with Gasteiger partial charge in [0.1, 0.15) is 0 Å². The van der Waals surface area contributed by atoms with Gasteiger partial charge in [0.25, 0.3) is 0 Å². The molecule has 3 nitrogen and oxygen atoms in total. The summed E-state index contributed by atoms with van der Waals surface area (Å²) >= 11 is 12.4. The highest BCUT2D eigenvalue weighted by atomic mass is 35.5. The van der Waals surface area contributed by atoms with Crippen molar-refractivity contribution in [3.8, 4) is 5.69 Å². The van der Waals surface area contributed by atoms with Crippen LogP contribution in [0.4, 0.5) is 0 Å². The minimum atomic E-state index is 0.643. The summed E-state index contributed by atoms with van der Waals surface area (Å²) in [4.78, 5) is 3.33. The molecule has 0 aliphatic carbocycles. The largest absolute Gasteiger partial charge is 0.361 e. The Morgan fingerprint density at radius 3 is 2.77 bits per heavy atom. The predicted molar refractivity (Wildman–Crippen MR) is 109 cm³/mol. The van der Waals surface area contributed by atoms with E-state index in [-0.39, 0.29) is 0 Å². The molecule has 4 rings (SSSR count). The minimum Gasteiger partial charge on any atom is -0.361 e. The Kier molecular flexibility index (Phi) is 5.02. The van der Waals surface area contributed by atoms with Crippen LogP contribution in [0.1, 0.15) is 11.3 Å². The molecular weight excluding hydrogens is 365 g/mol. The molecule has 0 amide bonds. The van der Waals surface area contributed by atoms with Gasteiger partial charge in [0.15, 0.2) is 0 Å². The average molecular weight is 384 g/mol. The molecule has 0 fully saturated rings. The number of H-pyrrole nitrogens is 1. The fraction of sp³-hybridized carbons (Fsp3) is 0.143. The van der Waals surface area contributed by atoms with Gasteiger partial charge < -0.3 is 14.9 Å². The quantitative estimate of drug-likeness (QED) is 0.417. The molecule has 26 heavy (non-hydrogen) atoms. The van der Waals surface area contributed by atoms with Crippen LogP contribution in [0.5, 0.6) is 0 Å². The first-order valence-electron chi connectivity index (χ1n) is 8.60. The maximum atomic E-state index is 6.35. The standard InChI is InChI=1S/C21H19Cl2N3/c22-16-7-8-21(19(23)12-16)26-11-3-4-17(26)14-24-10-9-15-13-25-20-6-2-1-5-18(15)20/h1-8,11-13,24-25H,9-10,14H2. The van der Waals surface area contributed by atoms with Crippen LogP contribution in [-0.4, -0.2) is 16.1 Å². The van der Waals surface area contributed by atoms with Gasteiger partial charge in [-0.25, -0.2) is 0 Å². The average Bonchev–Trinajstić information content (AvgIpc) is 3.26. The van der Waals surface area contributed by atoms with Crippen LogP contribution in [0.3, 0.4) is 0 Å². The molecule has 4 aromatic rings. The molecule has 0 radical (unpaired) electrons. The third kappa shape index (κ3) is 3.51. The Morgan fingerprint density at radius 1 is 1.00 bits per heavy atom. The highest BCUT2D eigenvalue weighted by Gasteiger charge is 2.08. The van der Waals surface area contributed by atoms with Crippen molar-refractivity contribution < 1.29 is 0 Å². The summed E-state index contributed by atoms with van der Waals surface area (Å²) in [5.41, 5.74) is 4.63. The minimum absolute atomic E-state index is 0.643. The van der Waals surface area contributed by atoms with E-state index in [2.05, 4.69) is 51.4 Å². The van der Waals surface area contributed by atoms with E-state index < -0.39 is 0 Å². The van der Waals surface area contributed by atoms with E-state index in [1.165, 1.54) is 16.5 Å². The third-order valence-corrected chi connectivity index (χ3v) is 5.09. The lowest BCUT2D eigenvalue weighted by atomic mass is 10.1. The first-order chi connectivity index (χ1) is 12.7. The second-order valence-corrected chi connectivity index (χ2v) is 7.10. The number of hydrogen-bond acceptors (Lipinski definition) is 1. The van der Waals surface area contributed by atoms with Crippen LogP contribution in [0, 0.1) is 0 Å². The fourth-order valence-electron chi connectivity index (χ4n) is 3.25. The summed E-state index contributed by atoms with van der Waals surface area (Å²) in [5, 5.41) is 6.11. The summed E-state index contributed by atoms with van der Waals surface area (Å²) in [6.45, 7) is 1.68. The van der Waals surface area contributed by atoms with Crippen LogP contribution in [-0.2, 0) is 13.0 Å². The Hall–Kier alpha value is -2.20. The predicted octanol–water partition coefficient (Wildman–Crippen LogP) is 5.60. The SMILES string of the molecule is Clc1ccc(-n2cccc2CNCCc2c[nH]c3ccccc23)c(Cl)c1. The molecule has 0 aliphatic heterocycles. The summed E-state index contributed by atoms with van der Waals surface area (Å²) in [6.07, 6.45) is 5.10. The monoisotopic (exact) mass is 383 g/mol. The highest BCUT2D eigenvalue weighted by Crippen LogP contribution is 2.25. The Bertz CT molecular complexity index is 1030. The van der Waals surface area contributed by atoms with Gasteiger partial charge in [0.05, 0.1) is 10.7 Å². The molecule has 2 N–H and O–H groups in total. The molecule has 0 unspecified atom stereocenters. The number of para-hydroxylation sites is 1. The number of hydrogen-bond donors (Lipinski definition) is 2. The van der Waals surface area contributed by atoms with Crippen molar-refractivity contribution >= 4 is 34.1 Å². The number of aromatic nitrogens is 2. The number of nitrogens with one attached hydrogen (secondary N) is 2. The Labute approximate surface area is 162 Å². The van der Waals surface area contributed by atoms with Gasteiger partial charge in [-0.1, -0.05) is 41.4 Å². The van der Waals surface area contributed by atoms with Crippen LogP contribution >= 0.6 is 23.2 Å². The van der Waals surface area contributed by atoms with Gasteiger partial charge in [-0.3, -0.25) is 0 Å². The zero-order chi connectivity index (χ0) is 17.9. The van der Waals surface area contributed by atoms with Crippen molar-refractivity contribution in [1.82, 2.24) is 14.9 Å². The second kappa shape index (κ2) is 7.58. The van der Waals surface area contributed by atoms with Crippen molar-refractivity contribution in [3.05, 3.63) is 88.3 Å². The zero-order valence-corrected chi connectivity index (χ0v) is 15.7. The lowest BCUT2D eigenvalue weighted by Crippen LogP contribution is -2.18. The van der Waals surface area contributed by atoms with Crippen molar-refractivity contribution in [3.63, 3.8) is 0 Å². The number of rotatable bonds is 6. The zero-order valence-electron chi connectivity index (χ0n) is 14.2. The first kappa shape index (κ1) is 17.2. The van der Waals surface area contributed by atoms with Gasteiger partial charge in [0.2, 0.25) is 0 Å². The first-order valence-corrected chi connectivity index (χ1v) is 9.35. The molecule has 0 aliphatic rings. The molecule has 0 bridgehead atoms. The molecule has 2 aromatic heterocycles. The topological polar surface area (TPSA) is 32.8 Å². The third-order valence-electron chi connectivity index (χ3n) is 4.55.